The van der Waals surface area contributed by atoms with Gasteiger partial charge in [-0.3, -0.25) is 0 Å². The first-order valence-electron chi connectivity index (χ1n) is 4.35. The van der Waals surface area contributed by atoms with E-state index in [1.807, 2.05) is 0 Å². The topological polar surface area (TPSA) is 24.7 Å². The van der Waals surface area contributed by atoms with E-state index < -0.39 is 0 Å². The van der Waals surface area contributed by atoms with Crippen molar-refractivity contribution in [3.63, 3.8) is 0 Å². The van der Waals surface area contributed by atoms with Gasteiger partial charge in [0.25, 0.3) is 0 Å². The Morgan fingerprint density at radius 3 is 1.40 bits per heavy atom. The third-order valence-corrected chi connectivity index (χ3v) is 3.49. The average Bonchev–Trinajstić information content (AvgIpc) is 1.88. The van der Waals surface area contributed by atoms with Gasteiger partial charge in [-0.2, -0.15) is 10.2 Å². The van der Waals surface area contributed by atoms with Gasteiger partial charge in [-0.15, -0.1) is 0 Å². The highest BCUT2D eigenvalue weighted by molar-refractivity contribution is 5.02. The molecule has 2 aliphatic heterocycles. The Morgan fingerprint density at radius 1 is 0.700 bits per heavy atom. The van der Waals surface area contributed by atoms with Crippen LogP contribution < -0.4 is 0 Å². The van der Waals surface area contributed by atoms with Gasteiger partial charge in [0.1, 0.15) is 0 Å². The van der Waals surface area contributed by atoms with Gasteiger partial charge in [-0.1, -0.05) is 0 Å². The number of hydrogen-bond donors (Lipinski definition) is 0. The first-order chi connectivity index (χ1) is 4.95. The predicted octanol–water partition coefficient (Wildman–Crippen LogP) is 2.01. The molecule has 0 spiro atoms. The van der Waals surface area contributed by atoms with E-state index in [-0.39, 0.29) is 0 Å². The fraction of sp³-hybridized carbons (Fsp3) is 1.00. The molecule has 2 nitrogen and oxygen atoms in total. The van der Waals surface area contributed by atoms with Crippen LogP contribution in [0.4, 0.5) is 0 Å². The quantitative estimate of drug-likeness (QED) is 0.486. The molecular weight excluding hydrogens is 124 g/mol. The minimum absolute atomic E-state index is 0.642. The Kier molecular flexibility index (Phi) is 0.846. The van der Waals surface area contributed by atoms with Gasteiger partial charge in [0, 0.05) is 0 Å². The van der Waals surface area contributed by atoms with Crippen molar-refractivity contribution < 1.29 is 0 Å². The normalized spacial score (nSPS) is 56.0. The van der Waals surface area contributed by atoms with Crippen molar-refractivity contribution in [2.75, 3.05) is 0 Å². The van der Waals surface area contributed by atoms with E-state index in [4.69, 9.17) is 0 Å². The van der Waals surface area contributed by atoms with Crippen LogP contribution in [0.15, 0.2) is 10.2 Å². The second-order valence-corrected chi connectivity index (χ2v) is 3.85. The molecule has 0 radical (unpaired) electrons. The van der Waals surface area contributed by atoms with Crippen LogP contribution in [0, 0.1) is 11.8 Å². The van der Waals surface area contributed by atoms with Crippen LogP contribution in [0.2, 0.25) is 0 Å². The highest BCUT2D eigenvalue weighted by atomic mass is 15.2. The monoisotopic (exact) mass is 136 g/mol. The lowest BCUT2D eigenvalue weighted by Gasteiger charge is -2.49. The van der Waals surface area contributed by atoms with Crippen LogP contribution >= 0.6 is 0 Å². The molecule has 2 saturated carbocycles. The molecule has 54 valence electrons. The summed E-state index contributed by atoms with van der Waals surface area (Å²) in [5.74, 6) is 1.91. The van der Waals surface area contributed by atoms with Gasteiger partial charge in [-0.25, -0.2) is 0 Å². The smallest absolute Gasteiger partial charge is 0.0740 e. The molecular formula is C8H12N2. The molecule has 10 heavy (non-hydrogen) atoms. The number of hydrogen-bond acceptors (Lipinski definition) is 2. The number of nitrogens with zero attached hydrogens (tertiary/aromatic N) is 2. The summed E-state index contributed by atoms with van der Waals surface area (Å²) in [6.45, 7) is 0. The summed E-state index contributed by atoms with van der Waals surface area (Å²) in [7, 11) is 0. The summed E-state index contributed by atoms with van der Waals surface area (Å²) in [6, 6.07) is 1.28. The summed E-state index contributed by atoms with van der Waals surface area (Å²) >= 11 is 0. The first kappa shape index (κ1) is 5.28. The molecule has 4 aliphatic rings. The van der Waals surface area contributed by atoms with Crippen LogP contribution in [0.1, 0.15) is 25.7 Å². The van der Waals surface area contributed by atoms with Crippen LogP contribution in [0.25, 0.3) is 0 Å². The highest BCUT2D eigenvalue weighted by Gasteiger charge is 2.48. The van der Waals surface area contributed by atoms with E-state index in [0.717, 1.165) is 11.8 Å². The molecule has 0 aromatic carbocycles. The summed E-state index contributed by atoms with van der Waals surface area (Å²) in [6.07, 6.45) is 5.53. The van der Waals surface area contributed by atoms with Crippen molar-refractivity contribution in [2.45, 2.75) is 37.8 Å². The van der Waals surface area contributed by atoms with Gasteiger partial charge in [0.05, 0.1) is 12.1 Å². The molecule has 0 aromatic heterocycles. The molecule has 0 aromatic rings. The second kappa shape index (κ2) is 1.60. The van der Waals surface area contributed by atoms with Gasteiger partial charge in [-0.05, 0) is 37.5 Å². The van der Waals surface area contributed by atoms with E-state index in [1.165, 1.54) is 25.7 Å². The molecule has 0 unspecified atom stereocenters. The van der Waals surface area contributed by atoms with E-state index in [2.05, 4.69) is 10.2 Å². The van der Waals surface area contributed by atoms with Crippen LogP contribution in [-0.4, -0.2) is 12.1 Å². The molecule has 4 atom stereocenters. The van der Waals surface area contributed by atoms with Crippen molar-refractivity contribution in [1.29, 1.82) is 0 Å². The lowest BCUT2D eigenvalue weighted by Crippen LogP contribution is -2.48. The second-order valence-electron chi connectivity index (χ2n) is 3.85. The number of rotatable bonds is 0. The number of azo groups is 1. The van der Waals surface area contributed by atoms with Gasteiger partial charge in [0.2, 0.25) is 0 Å². The Balaban J connectivity index is 1.98. The Morgan fingerprint density at radius 2 is 1.20 bits per heavy atom. The highest BCUT2D eigenvalue weighted by Crippen LogP contribution is 2.50. The molecule has 2 heterocycles. The summed E-state index contributed by atoms with van der Waals surface area (Å²) in [5.41, 5.74) is 0. The van der Waals surface area contributed by atoms with Gasteiger partial charge >= 0.3 is 0 Å². The zero-order valence-corrected chi connectivity index (χ0v) is 6.03. The maximum absolute atomic E-state index is 4.31. The zero-order valence-electron chi connectivity index (χ0n) is 6.03. The van der Waals surface area contributed by atoms with Crippen molar-refractivity contribution in [3.8, 4) is 0 Å². The first-order valence-corrected chi connectivity index (χ1v) is 4.35. The Labute approximate surface area is 60.7 Å². The molecule has 2 heteroatoms. The van der Waals surface area contributed by atoms with E-state index in [9.17, 15) is 0 Å². The van der Waals surface area contributed by atoms with Crippen LogP contribution in [0.3, 0.4) is 0 Å². The third-order valence-electron chi connectivity index (χ3n) is 3.49. The average molecular weight is 136 g/mol. The fourth-order valence-corrected chi connectivity index (χ4v) is 2.73. The standard InChI is InChI=1S/C8H12N2/c1-2-6-5(1)7-3-4-8(6)10-9-7/h5-8H,1-4H2/t5-,6+,7+,8-. The molecule has 2 fully saturated rings. The maximum Gasteiger partial charge on any atom is 0.0740 e. The molecule has 0 saturated heterocycles. The summed E-state index contributed by atoms with van der Waals surface area (Å²) < 4.78 is 0. The van der Waals surface area contributed by atoms with E-state index in [0.29, 0.717) is 12.1 Å². The Bertz CT molecular complexity index is 168. The van der Waals surface area contributed by atoms with E-state index in [1.54, 1.807) is 0 Å². The molecule has 4 rings (SSSR count). The summed E-state index contributed by atoms with van der Waals surface area (Å²) in [4.78, 5) is 0. The molecule has 2 aliphatic carbocycles. The van der Waals surface area contributed by atoms with E-state index >= 15 is 0 Å². The lowest BCUT2D eigenvalue weighted by molar-refractivity contribution is 0.0421. The van der Waals surface area contributed by atoms with Crippen molar-refractivity contribution in [2.24, 2.45) is 22.1 Å². The minimum atomic E-state index is 0.642. The van der Waals surface area contributed by atoms with Crippen molar-refractivity contribution in [1.82, 2.24) is 0 Å². The minimum Gasteiger partial charge on any atom is -0.190 e. The van der Waals surface area contributed by atoms with Gasteiger partial charge < -0.3 is 0 Å². The zero-order chi connectivity index (χ0) is 6.55. The fourth-order valence-electron chi connectivity index (χ4n) is 2.73. The van der Waals surface area contributed by atoms with Crippen molar-refractivity contribution >= 4 is 0 Å². The molecule has 2 bridgehead atoms. The molecule has 0 amide bonds. The Hall–Kier alpha value is -0.400. The van der Waals surface area contributed by atoms with Crippen LogP contribution in [0.5, 0.6) is 0 Å². The van der Waals surface area contributed by atoms with Gasteiger partial charge in [0.15, 0.2) is 0 Å². The van der Waals surface area contributed by atoms with Crippen molar-refractivity contribution in [3.05, 3.63) is 0 Å². The largest absolute Gasteiger partial charge is 0.190 e. The lowest BCUT2D eigenvalue weighted by atomic mass is 9.60. The third kappa shape index (κ3) is 0.468. The SMILES string of the molecule is C1C[C@H]2[C@@H]1[C@@H]1CC[C@H]2N=N1. The summed E-state index contributed by atoms with van der Waals surface area (Å²) in [5, 5.41) is 8.61. The predicted molar refractivity (Wildman–Crippen MR) is 37.9 cm³/mol. The molecule has 0 N–H and O–H groups in total. The number of fused-ring (bicyclic) bond motifs is 1. The maximum atomic E-state index is 4.31. The van der Waals surface area contributed by atoms with Crippen LogP contribution in [-0.2, 0) is 0 Å².